The summed E-state index contributed by atoms with van der Waals surface area (Å²) < 4.78 is 2.25. The maximum atomic E-state index is 4.32. The van der Waals surface area contributed by atoms with Crippen molar-refractivity contribution in [3.63, 3.8) is 0 Å². The van der Waals surface area contributed by atoms with Gasteiger partial charge < -0.3 is 0 Å². The summed E-state index contributed by atoms with van der Waals surface area (Å²) in [6, 6.07) is 3.81. The summed E-state index contributed by atoms with van der Waals surface area (Å²) >= 11 is 3.98. The first-order chi connectivity index (χ1) is 9.75. The van der Waals surface area contributed by atoms with Gasteiger partial charge in [-0.15, -0.1) is 11.3 Å². The van der Waals surface area contributed by atoms with E-state index in [0.29, 0.717) is 0 Å². The SMILES string of the molecule is Cc1c(I)sc2c(N/N=C/c3cccnc3)ncnc12. The van der Waals surface area contributed by atoms with Crippen LogP contribution in [0.1, 0.15) is 11.1 Å². The molecule has 3 rings (SSSR count). The highest BCUT2D eigenvalue weighted by Gasteiger charge is 2.11. The lowest BCUT2D eigenvalue weighted by molar-refractivity contribution is 1.18. The van der Waals surface area contributed by atoms with Crippen molar-refractivity contribution in [1.82, 2.24) is 15.0 Å². The third-order valence-corrected chi connectivity index (χ3v) is 5.26. The zero-order valence-corrected chi connectivity index (χ0v) is 13.5. The number of hydrogen-bond acceptors (Lipinski definition) is 6. The second kappa shape index (κ2) is 5.80. The molecule has 0 unspecified atom stereocenters. The molecular weight excluding hydrogens is 385 g/mol. The molecule has 0 aliphatic heterocycles. The van der Waals surface area contributed by atoms with Gasteiger partial charge in [0.05, 0.1) is 19.3 Å². The molecule has 7 heteroatoms. The van der Waals surface area contributed by atoms with Crippen LogP contribution in [0.25, 0.3) is 10.2 Å². The number of hydrogen-bond donors (Lipinski definition) is 1. The van der Waals surface area contributed by atoms with E-state index in [9.17, 15) is 0 Å². The van der Waals surface area contributed by atoms with Crippen LogP contribution in [-0.4, -0.2) is 21.2 Å². The summed E-state index contributed by atoms with van der Waals surface area (Å²) in [6.07, 6.45) is 6.75. The van der Waals surface area contributed by atoms with Gasteiger partial charge in [0, 0.05) is 18.0 Å². The number of anilines is 1. The fraction of sp³-hybridized carbons (Fsp3) is 0.0769. The topological polar surface area (TPSA) is 63.1 Å². The number of halogens is 1. The number of rotatable bonds is 3. The third-order valence-electron chi connectivity index (χ3n) is 2.71. The average molecular weight is 395 g/mol. The standard InChI is InChI=1S/C13H10IN5S/c1-8-10-11(20-12(8)14)13(17-7-16-10)19-18-6-9-3-2-4-15-5-9/h2-7H,1H3,(H,16,17,19)/b18-6+. The Morgan fingerprint density at radius 1 is 1.40 bits per heavy atom. The number of thiophene rings is 1. The Kier molecular flexibility index (Phi) is 3.88. The molecule has 3 heterocycles. The molecule has 0 amide bonds. The summed E-state index contributed by atoms with van der Waals surface area (Å²) in [4.78, 5) is 12.6. The van der Waals surface area contributed by atoms with Gasteiger partial charge in [0.25, 0.3) is 0 Å². The number of aryl methyl sites for hydroxylation is 1. The normalized spacial score (nSPS) is 11.3. The van der Waals surface area contributed by atoms with Crippen molar-refractivity contribution in [2.75, 3.05) is 5.43 Å². The Labute approximate surface area is 133 Å². The van der Waals surface area contributed by atoms with Gasteiger partial charge >= 0.3 is 0 Å². The van der Waals surface area contributed by atoms with Crippen LogP contribution in [-0.2, 0) is 0 Å². The molecule has 20 heavy (non-hydrogen) atoms. The summed E-state index contributed by atoms with van der Waals surface area (Å²) in [6.45, 7) is 2.07. The smallest absolute Gasteiger partial charge is 0.167 e. The van der Waals surface area contributed by atoms with Gasteiger partial charge in [0.15, 0.2) is 5.82 Å². The molecule has 1 N–H and O–H groups in total. The molecule has 0 aliphatic rings. The molecule has 0 aliphatic carbocycles. The van der Waals surface area contributed by atoms with Crippen LogP contribution in [0.15, 0.2) is 36.0 Å². The second-order valence-corrected chi connectivity index (χ2v) is 6.89. The molecule has 0 radical (unpaired) electrons. The molecule has 0 spiro atoms. The van der Waals surface area contributed by atoms with Crippen LogP contribution >= 0.6 is 33.9 Å². The molecule has 0 saturated heterocycles. The highest BCUT2D eigenvalue weighted by atomic mass is 127. The molecule has 0 atom stereocenters. The molecular formula is C13H10IN5S. The Morgan fingerprint density at radius 2 is 2.30 bits per heavy atom. The number of aromatic nitrogens is 3. The monoisotopic (exact) mass is 395 g/mol. The van der Waals surface area contributed by atoms with Crippen LogP contribution in [0.5, 0.6) is 0 Å². The fourth-order valence-corrected chi connectivity index (χ4v) is 3.54. The average Bonchev–Trinajstić information content (AvgIpc) is 2.77. The number of fused-ring (bicyclic) bond motifs is 1. The largest absolute Gasteiger partial charge is 0.264 e. The first-order valence-electron chi connectivity index (χ1n) is 5.84. The number of nitrogens with one attached hydrogen (secondary N) is 1. The van der Waals surface area contributed by atoms with Crippen molar-refractivity contribution in [2.45, 2.75) is 6.92 Å². The van der Waals surface area contributed by atoms with Crippen molar-refractivity contribution in [3.05, 3.63) is 44.9 Å². The third kappa shape index (κ3) is 2.63. The van der Waals surface area contributed by atoms with Crippen LogP contribution in [0.4, 0.5) is 5.82 Å². The summed E-state index contributed by atoms with van der Waals surface area (Å²) in [5.41, 5.74) is 6.07. The first kappa shape index (κ1) is 13.4. The molecule has 5 nitrogen and oxygen atoms in total. The van der Waals surface area contributed by atoms with Crippen LogP contribution in [0.2, 0.25) is 0 Å². The minimum Gasteiger partial charge on any atom is -0.264 e. The lowest BCUT2D eigenvalue weighted by Crippen LogP contribution is -1.94. The van der Waals surface area contributed by atoms with Crippen molar-refractivity contribution in [3.8, 4) is 0 Å². The minimum atomic E-state index is 0.728. The van der Waals surface area contributed by atoms with Crippen LogP contribution < -0.4 is 5.43 Å². The van der Waals surface area contributed by atoms with Crippen LogP contribution in [0.3, 0.4) is 0 Å². The summed E-state index contributed by atoms with van der Waals surface area (Å²) in [7, 11) is 0. The van der Waals surface area contributed by atoms with E-state index in [2.05, 4.69) is 55.0 Å². The number of pyridine rings is 1. The number of nitrogens with zero attached hydrogens (tertiary/aromatic N) is 4. The maximum absolute atomic E-state index is 4.32. The Balaban J connectivity index is 1.88. The molecule has 0 bridgehead atoms. The van der Waals surface area contributed by atoms with Crippen molar-refractivity contribution >= 4 is 56.2 Å². The highest BCUT2D eigenvalue weighted by Crippen LogP contribution is 2.33. The molecule has 3 aromatic rings. The van der Waals surface area contributed by atoms with E-state index in [1.54, 1.807) is 36.3 Å². The van der Waals surface area contributed by atoms with Gasteiger partial charge in [-0.2, -0.15) is 5.10 Å². The maximum Gasteiger partial charge on any atom is 0.167 e. The van der Waals surface area contributed by atoms with Crippen molar-refractivity contribution < 1.29 is 0 Å². The van der Waals surface area contributed by atoms with Gasteiger partial charge in [0.1, 0.15) is 6.33 Å². The van der Waals surface area contributed by atoms with Crippen molar-refractivity contribution in [2.24, 2.45) is 5.10 Å². The Bertz CT molecular complexity index is 769. The van der Waals surface area contributed by atoms with E-state index in [-0.39, 0.29) is 0 Å². The zero-order valence-electron chi connectivity index (χ0n) is 10.5. The predicted octanol–water partition coefficient (Wildman–Crippen LogP) is 3.45. The second-order valence-electron chi connectivity index (χ2n) is 4.06. The van der Waals surface area contributed by atoms with Gasteiger partial charge in [-0.05, 0) is 41.1 Å². The Morgan fingerprint density at radius 3 is 3.10 bits per heavy atom. The van der Waals surface area contributed by atoms with Gasteiger partial charge in [-0.1, -0.05) is 6.07 Å². The van der Waals surface area contributed by atoms with E-state index in [1.807, 2.05) is 12.1 Å². The number of hydrazone groups is 1. The molecule has 3 aromatic heterocycles. The quantitative estimate of drug-likeness (QED) is 0.419. The molecule has 0 fully saturated rings. The molecule has 100 valence electrons. The summed E-state index contributed by atoms with van der Waals surface area (Å²) in [5, 5.41) is 4.20. The van der Waals surface area contributed by atoms with E-state index >= 15 is 0 Å². The zero-order chi connectivity index (χ0) is 13.9. The van der Waals surface area contributed by atoms with Gasteiger partial charge in [-0.25, -0.2) is 9.97 Å². The van der Waals surface area contributed by atoms with Crippen LogP contribution in [0, 0.1) is 9.81 Å². The lowest BCUT2D eigenvalue weighted by Gasteiger charge is -2.00. The first-order valence-corrected chi connectivity index (χ1v) is 7.74. The van der Waals surface area contributed by atoms with E-state index < -0.39 is 0 Å². The van der Waals surface area contributed by atoms with Gasteiger partial charge in [0.2, 0.25) is 0 Å². The van der Waals surface area contributed by atoms with E-state index in [0.717, 1.165) is 21.6 Å². The molecule has 0 saturated carbocycles. The highest BCUT2D eigenvalue weighted by molar-refractivity contribution is 14.1. The lowest BCUT2D eigenvalue weighted by atomic mass is 10.3. The molecule has 0 aromatic carbocycles. The predicted molar refractivity (Wildman–Crippen MR) is 90.3 cm³/mol. The minimum absolute atomic E-state index is 0.728. The van der Waals surface area contributed by atoms with Gasteiger partial charge in [-0.3, -0.25) is 10.4 Å². The van der Waals surface area contributed by atoms with E-state index in [4.69, 9.17) is 0 Å². The summed E-state index contributed by atoms with van der Waals surface area (Å²) in [5.74, 6) is 0.728. The Hall–Kier alpha value is -1.61. The van der Waals surface area contributed by atoms with Crippen molar-refractivity contribution in [1.29, 1.82) is 0 Å². The fourth-order valence-electron chi connectivity index (χ4n) is 1.70. The van der Waals surface area contributed by atoms with E-state index in [1.165, 1.54) is 8.45 Å².